The highest BCUT2D eigenvalue weighted by Gasteiger charge is 2.37. The van der Waals surface area contributed by atoms with Crippen molar-refractivity contribution in [2.45, 2.75) is 71.5 Å². The van der Waals surface area contributed by atoms with E-state index in [4.69, 9.17) is 12.2 Å². The molecule has 1 aliphatic heterocycles. The molecule has 0 aromatic heterocycles. The van der Waals surface area contributed by atoms with Gasteiger partial charge in [-0.1, -0.05) is 6.07 Å². The van der Waals surface area contributed by atoms with E-state index in [1.54, 1.807) is 0 Å². The third-order valence-corrected chi connectivity index (χ3v) is 4.51. The van der Waals surface area contributed by atoms with Crippen molar-refractivity contribution in [2.75, 3.05) is 5.32 Å². The lowest BCUT2D eigenvalue weighted by Gasteiger charge is -2.46. The molecule has 22 heavy (non-hydrogen) atoms. The van der Waals surface area contributed by atoms with Crippen LogP contribution in [0.3, 0.4) is 0 Å². The summed E-state index contributed by atoms with van der Waals surface area (Å²) >= 11 is 5.50. The van der Waals surface area contributed by atoms with Crippen LogP contribution in [0.1, 0.15) is 51.7 Å². The normalized spacial score (nSPS) is 20.5. The molecule has 2 rings (SSSR count). The van der Waals surface area contributed by atoms with Crippen molar-refractivity contribution in [1.82, 2.24) is 10.6 Å². The van der Waals surface area contributed by atoms with Crippen LogP contribution in [0.15, 0.2) is 18.2 Å². The summed E-state index contributed by atoms with van der Waals surface area (Å²) in [6, 6.07) is 6.72. The monoisotopic (exact) mass is 319 g/mol. The van der Waals surface area contributed by atoms with Gasteiger partial charge in [0.15, 0.2) is 5.11 Å². The van der Waals surface area contributed by atoms with Gasteiger partial charge in [-0.3, -0.25) is 0 Å². The van der Waals surface area contributed by atoms with Gasteiger partial charge in [-0.2, -0.15) is 0 Å². The Morgan fingerprint density at radius 1 is 1.09 bits per heavy atom. The molecule has 0 radical (unpaired) electrons. The number of hydrogen-bond donors (Lipinski definition) is 3. The Hall–Kier alpha value is -1.13. The summed E-state index contributed by atoms with van der Waals surface area (Å²) in [4.78, 5) is 0. The summed E-state index contributed by atoms with van der Waals surface area (Å²) in [7, 11) is 0. The average Bonchev–Trinajstić information content (AvgIpc) is 2.29. The minimum atomic E-state index is 0.121. The molecule has 0 spiro atoms. The molecule has 1 saturated heterocycles. The van der Waals surface area contributed by atoms with Gasteiger partial charge in [0.1, 0.15) is 0 Å². The summed E-state index contributed by atoms with van der Waals surface area (Å²) < 4.78 is 0. The lowest BCUT2D eigenvalue weighted by molar-refractivity contribution is 0.156. The van der Waals surface area contributed by atoms with Crippen molar-refractivity contribution in [2.24, 2.45) is 0 Å². The van der Waals surface area contributed by atoms with Crippen LogP contribution in [0.25, 0.3) is 0 Å². The molecule has 0 unspecified atom stereocenters. The zero-order valence-electron chi connectivity index (χ0n) is 14.6. The van der Waals surface area contributed by atoms with Gasteiger partial charge in [-0.15, -0.1) is 0 Å². The average molecular weight is 320 g/mol. The van der Waals surface area contributed by atoms with E-state index in [-0.39, 0.29) is 11.1 Å². The molecule has 1 aromatic carbocycles. The van der Waals surface area contributed by atoms with Crippen LogP contribution in [0.2, 0.25) is 0 Å². The third kappa shape index (κ3) is 4.68. The maximum Gasteiger partial charge on any atom is 0.170 e. The molecule has 1 aliphatic rings. The van der Waals surface area contributed by atoms with Gasteiger partial charge in [-0.05, 0) is 89.9 Å². The Morgan fingerprint density at radius 3 is 2.23 bits per heavy atom. The summed E-state index contributed by atoms with van der Waals surface area (Å²) in [5.41, 5.74) is 3.86. The summed E-state index contributed by atoms with van der Waals surface area (Å²) in [6.07, 6.45) is 2.12. The first kappa shape index (κ1) is 17.2. The fourth-order valence-corrected chi connectivity index (χ4v) is 3.88. The minimum absolute atomic E-state index is 0.121. The molecule has 0 bridgehead atoms. The molecule has 0 atom stereocenters. The SMILES string of the molecule is Cc1ccc(NC(=S)NC2CC(C)(C)NC(C)(C)C2)cc1C. The van der Waals surface area contributed by atoms with Crippen LogP contribution >= 0.6 is 12.2 Å². The second-order valence-electron chi connectivity index (χ2n) is 7.90. The first-order valence-electron chi connectivity index (χ1n) is 8.00. The second kappa shape index (κ2) is 6.17. The van der Waals surface area contributed by atoms with Crippen molar-refractivity contribution in [1.29, 1.82) is 0 Å². The van der Waals surface area contributed by atoms with Crippen LogP contribution < -0.4 is 16.0 Å². The molecule has 1 aromatic rings. The number of benzene rings is 1. The van der Waals surface area contributed by atoms with Gasteiger partial charge in [-0.25, -0.2) is 0 Å². The molecule has 0 saturated carbocycles. The van der Waals surface area contributed by atoms with Gasteiger partial charge in [0, 0.05) is 22.8 Å². The van der Waals surface area contributed by atoms with Crippen LogP contribution in [0.5, 0.6) is 0 Å². The highest BCUT2D eigenvalue weighted by molar-refractivity contribution is 7.80. The Kier molecular flexibility index (Phi) is 4.83. The number of thiocarbonyl (C=S) groups is 1. The minimum Gasteiger partial charge on any atom is -0.360 e. The Morgan fingerprint density at radius 2 is 1.68 bits per heavy atom. The Bertz CT molecular complexity index is 547. The van der Waals surface area contributed by atoms with Crippen LogP contribution in [0.4, 0.5) is 5.69 Å². The Balaban J connectivity index is 1.98. The summed E-state index contributed by atoms with van der Waals surface area (Å²) in [5, 5.41) is 11.2. The van der Waals surface area contributed by atoms with Gasteiger partial charge in [0.25, 0.3) is 0 Å². The highest BCUT2D eigenvalue weighted by Crippen LogP contribution is 2.28. The molecule has 0 aliphatic carbocycles. The van der Waals surface area contributed by atoms with Crippen LogP contribution in [-0.4, -0.2) is 22.2 Å². The fourth-order valence-electron chi connectivity index (χ4n) is 3.60. The Labute approximate surface area is 140 Å². The van der Waals surface area contributed by atoms with E-state index in [0.717, 1.165) is 18.5 Å². The van der Waals surface area contributed by atoms with Gasteiger partial charge < -0.3 is 16.0 Å². The molecular formula is C18H29N3S. The summed E-state index contributed by atoms with van der Waals surface area (Å²) in [6.45, 7) is 13.2. The van der Waals surface area contributed by atoms with E-state index in [9.17, 15) is 0 Å². The topological polar surface area (TPSA) is 36.1 Å². The molecule has 4 heteroatoms. The van der Waals surface area contributed by atoms with Crippen molar-refractivity contribution in [3.8, 4) is 0 Å². The fraction of sp³-hybridized carbons (Fsp3) is 0.611. The predicted octanol–water partition coefficient (Wildman–Crippen LogP) is 3.90. The molecule has 1 heterocycles. The lowest BCUT2D eigenvalue weighted by Crippen LogP contribution is -2.62. The first-order chi connectivity index (χ1) is 10.1. The predicted molar refractivity (Wildman–Crippen MR) is 99.6 cm³/mol. The number of anilines is 1. The maximum atomic E-state index is 5.50. The quantitative estimate of drug-likeness (QED) is 0.723. The summed E-state index contributed by atoms with van der Waals surface area (Å²) in [5.74, 6) is 0. The van der Waals surface area contributed by atoms with Gasteiger partial charge in [0.05, 0.1) is 0 Å². The zero-order chi connectivity index (χ0) is 16.5. The highest BCUT2D eigenvalue weighted by atomic mass is 32.1. The van der Waals surface area contributed by atoms with E-state index in [1.165, 1.54) is 11.1 Å². The van der Waals surface area contributed by atoms with Crippen molar-refractivity contribution in [3.63, 3.8) is 0 Å². The van der Waals surface area contributed by atoms with Crippen LogP contribution in [0, 0.1) is 13.8 Å². The molecular weight excluding hydrogens is 290 g/mol. The van der Waals surface area contributed by atoms with Crippen molar-refractivity contribution in [3.05, 3.63) is 29.3 Å². The van der Waals surface area contributed by atoms with E-state index in [0.29, 0.717) is 11.2 Å². The van der Waals surface area contributed by atoms with E-state index < -0.39 is 0 Å². The van der Waals surface area contributed by atoms with Crippen LogP contribution in [-0.2, 0) is 0 Å². The third-order valence-electron chi connectivity index (χ3n) is 4.29. The van der Waals surface area contributed by atoms with E-state index >= 15 is 0 Å². The molecule has 1 fully saturated rings. The number of piperidine rings is 1. The zero-order valence-corrected chi connectivity index (χ0v) is 15.4. The smallest absolute Gasteiger partial charge is 0.170 e. The molecule has 0 amide bonds. The lowest BCUT2D eigenvalue weighted by atomic mass is 9.80. The number of rotatable bonds is 2. The van der Waals surface area contributed by atoms with Crippen molar-refractivity contribution >= 4 is 23.0 Å². The van der Waals surface area contributed by atoms with Gasteiger partial charge >= 0.3 is 0 Å². The largest absolute Gasteiger partial charge is 0.360 e. The number of nitrogens with one attached hydrogen (secondary N) is 3. The number of aryl methyl sites for hydroxylation is 2. The maximum absolute atomic E-state index is 5.50. The van der Waals surface area contributed by atoms with Crippen molar-refractivity contribution < 1.29 is 0 Å². The number of hydrogen-bond acceptors (Lipinski definition) is 2. The first-order valence-corrected chi connectivity index (χ1v) is 8.41. The van der Waals surface area contributed by atoms with Gasteiger partial charge in [0.2, 0.25) is 0 Å². The van der Waals surface area contributed by atoms with E-state index in [2.05, 4.69) is 75.7 Å². The second-order valence-corrected chi connectivity index (χ2v) is 8.30. The molecule has 122 valence electrons. The molecule has 3 nitrogen and oxygen atoms in total. The van der Waals surface area contributed by atoms with E-state index in [1.807, 2.05) is 0 Å². The standard InChI is InChI=1S/C18H29N3S/c1-12-7-8-14(9-13(12)2)19-16(22)20-15-10-17(3,4)21-18(5,6)11-15/h7-9,15,21H,10-11H2,1-6H3,(H2,19,20,22). The molecule has 3 N–H and O–H groups in total.